The molecular weight excluding hydrogens is 268 g/mol. The van der Waals surface area contributed by atoms with E-state index < -0.39 is 0 Å². The van der Waals surface area contributed by atoms with E-state index in [4.69, 9.17) is 10.5 Å². The number of benzene rings is 1. The van der Waals surface area contributed by atoms with Crippen LogP contribution in [0.15, 0.2) is 53.7 Å². The first-order chi connectivity index (χ1) is 10.2. The molecule has 1 aromatic carbocycles. The van der Waals surface area contributed by atoms with Gasteiger partial charge in [-0.05, 0) is 12.1 Å². The Hall–Kier alpha value is -2.60. The van der Waals surface area contributed by atoms with Gasteiger partial charge in [-0.3, -0.25) is 4.79 Å². The van der Waals surface area contributed by atoms with Gasteiger partial charge in [0.2, 0.25) is 0 Å². The van der Waals surface area contributed by atoms with E-state index in [2.05, 4.69) is 5.10 Å². The van der Waals surface area contributed by atoms with Gasteiger partial charge in [0, 0.05) is 24.5 Å². The third-order valence-corrected chi connectivity index (χ3v) is 3.47. The maximum absolute atomic E-state index is 12.3. The van der Waals surface area contributed by atoms with Crippen LogP contribution in [0.1, 0.15) is 11.6 Å². The Labute approximate surface area is 121 Å². The minimum absolute atomic E-state index is 0.111. The SMILES string of the molecule is COc1ccccc1C(N)Cn1ccn2nccc2c1=O. The molecule has 3 rings (SSSR count). The third-order valence-electron chi connectivity index (χ3n) is 3.47. The summed E-state index contributed by atoms with van der Waals surface area (Å²) in [4.78, 5) is 12.3. The molecule has 1 unspecified atom stereocenters. The van der Waals surface area contributed by atoms with Crippen molar-refractivity contribution in [2.45, 2.75) is 12.6 Å². The van der Waals surface area contributed by atoms with Gasteiger partial charge in [0.15, 0.2) is 0 Å². The summed E-state index contributed by atoms with van der Waals surface area (Å²) in [6.07, 6.45) is 5.03. The summed E-state index contributed by atoms with van der Waals surface area (Å²) in [5, 5.41) is 4.04. The van der Waals surface area contributed by atoms with Crippen LogP contribution in [0.4, 0.5) is 0 Å². The van der Waals surface area contributed by atoms with E-state index in [1.165, 1.54) is 0 Å². The molecule has 6 nitrogen and oxygen atoms in total. The highest BCUT2D eigenvalue weighted by Crippen LogP contribution is 2.23. The maximum Gasteiger partial charge on any atom is 0.276 e. The van der Waals surface area contributed by atoms with E-state index in [1.54, 1.807) is 40.8 Å². The summed E-state index contributed by atoms with van der Waals surface area (Å²) < 4.78 is 8.45. The minimum atomic E-state index is -0.329. The summed E-state index contributed by atoms with van der Waals surface area (Å²) in [6, 6.07) is 8.92. The zero-order valence-electron chi connectivity index (χ0n) is 11.6. The molecule has 0 bridgehead atoms. The molecule has 21 heavy (non-hydrogen) atoms. The zero-order valence-corrected chi connectivity index (χ0v) is 11.6. The number of aromatic nitrogens is 3. The van der Waals surface area contributed by atoms with Crippen LogP contribution >= 0.6 is 0 Å². The van der Waals surface area contributed by atoms with E-state index in [0.29, 0.717) is 12.1 Å². The van der Waals surface area contributed by atoms with Crippen molar-refractivity contribution in [3.63, 3.8) is 0 Å². The normalized spacial score (nSPS) is 12.5. The molecule has 0 amide bonds. The standard InChI is InChI=1S/C15H16N4O2/c1-21-14-5-3-2-4-11(14)12(16)10-18-8-9-19-13(15(18)20)6-7-17-19/h2-9,12H,10,16H2,1H3. The molecule has 0 aliphatic rings. The fourth-order valence-electron chi connectivity index (χ4n) is 2.39. The molecule has 0 fully saturated rings. The number of fused-ring (bicyclic) bond motifs is 1. The number of rotatable bonds is 4. The van der Waals surface area contributed by atoms with Crippen molar-refractivity contribution in [3.8, 4) is 5.75 Å². The van der Waals surface area contributed by atoms with Crippen molar-refractivity contribution in [1.29, 1.82) is 0 Å². The highest BCUT2D eigenvalue weighted by atomic mass is 16.5. The average Bonchev–Trinajstić information content (AvgIpc) is 2.99. The summed E-state index contributed by atoms with van der Waals surface area (Å²) in [5.41, 5.74) is 7.53. The lowest BCUT2D eigenvalue weighted by Gasteiger charge is -2.16. The Morgan fingerprint density at radius 2 is 2.10 bits per heavy atom. The van der Waals surface area contributed by atoms with E-state index in [9.17, 15) is 4.79 Å². The zero-order chi connectivity index (χ0) is 14.8. The first-order valence-corrected chi connectivity index (χ1v) is 6.62. The second-order valence-corrected chi connectivity index (χ2v) is 4.77. The largest absolute Gasteiger partial charge is 0.496 e. The first kappa shape index (κ1) is 13.4. The monoisotopic (exact) mass is 284 g/mol. The molecule has 0 saturated heterocycles. The molecule has 0 spiro atoms. The predicted octanol–water partition coefficient (Wildman–Crippen LogP) is 1.20. The molecule has 6 heteroatoms. The number of methoxy groups -OCH3 is 1. The molecule has 0 saturated carbocycles. The Morgan fingerprint density at radius 1 is 1.29 bits per heavy atom. The van der Waals surface area contributed by atoms with E-state index in [-0.39, 0.29) is 11.6 Å². The highest BCUT2D eigenvalue weighted by molar-refractivity contribution is 5.42. The maximum atomic E-state index is 12.3. The molecule has 0 aliphatic heterocycles. The molecule has 1 atom stereocenters. The van der Waals surface area contributed by atoms with E-state index in [1.807, 2.05) is 24.3 Å². The molecule has 3 aromatic rings. The van der Waals surface area contributed by atoms with Gasteiger partial charge in [-0.2, -0.15) is 5.10 Å². The fraction of sp³-hybridized carbons (Fsp3) is 0.200. The summed E-state index contributed by atoms with van der Waals surface area (Å²) in [7, 11) is 1.61. The Balaban J connectivity index is 1.94. The van der Waals surface area contributed by atoms with Crippen LogP contribution in [0.3, 0.4) is 0 Å². The van der Waals surface area contributed by atoms with Crippen molar-refractivity contribution in [2.24, 2.45) is 5.73 Å². The number of hydrogen-bond donors (Lipinski definition) is 1. The van der Waals surface area contributed by atoms with Crippen LogP contribution in [-0.2, 0) is 6.54 Å². The second kappa shape index (κ2) is 5.41. The van der Waals surface area contributed by atoms with Crippen molar-refractivity contribution in [3.05, 3.63) is 64.8 Å². The predicted molar refractivity (Wildman–Crippen MR) is 79.4 cm³/mol. The van der Waals surface area contributed by atoms with Gasteiger partial charge in [-0.1, -0.05) is 18.2 Å². The third kappa shape index (κ3) is 2.41. The van der Waals surface area contributed by atoms with Gasteiger partial charge in [-0.25, -0.2) is 4.52 Å². The quantitative estimate of drug-likeness (QED) is 0.781. The highest BCUT2D eigenvalue weighted by Gasteiger charge is 2.13. The molecule has 2 aromatic heterocycles. The van der Waals surface area contributed by atoms with Gasteiger partial charge in [-0.15, -0.1) is 0 Å². The first-order valence-electron chi connectivity index (χ1n) is 6.62. The Bertz CT molecular complexity index is 822. The number of para-hydroxylation sites is 1. The lowest BCUT2D eigenvalue weighted by atomic mass is 10.1. The fourth-order valence-corrected chi connectivity index (χ4v) is 2.39. The van der Waals surface area contributed by atoms with Crippen LogP contribution in [0.2, 0.25) is 0 Å². The van der Waals surface area contributed by atoms with Crippen LogP contribution in [0.5, 0.6) is 5.75 Å². The van der Waals surface area contributed by atoms with Crippen molar-refractivity contribution >= 4 is 5.52 Å². The molecule has 2 heterocycles. The smallest absolute Gasteiger partial charge is 0.276 e. The minimum Gasteiger partial charge on any atom is -0.496 e. The number of nitrogens with two attached hydrogens (primary N) is 1. The van der Waals surface area contributed by atoms with Gasteiger partial charge in [0.05, 0.1) is 19.3 Å². The lowest BCUT2D eigenvalue weighted by Crippen LogP contribution is -2.27. The molecule has 2 N–H and O–H groups in total. The number of ether oxygens (including phenoxy) is 1. The van der Waals surface area contributed by atoms with Gasteiger partial charge in [0.1, 0.15) is 11.3 Å². The topological polar surface area (TPSA) is 74.6 Å². The van der Waals surface area contributed by atoms with Crippen LogP contribution in [0.25, 0.3) is 5.52 Å². The molecule has 0 radical (unpaired) electrons. The molecular formula is C15H16N4O2. The van der Waals surface area contributed by atoms with Gasteiger partial charge >= 0.3 is 0 Å². The van der Waals surface area contributed by atoms with Crippen LogP contribution < -0.4 is 16.0 Å². The second-order valence-electron chi connectivity index (χ2n) is 4.77. The summed E-state index contributed by atoms with van der Waals surface area (Å²) in [5.74, 6) is 0.725. The van der Waals surface area contributed by atoms with Gasteiger partial charge in [0.25, 0.3) is 5.56 Å². The van der Waals surface area contributed by atoms with Crippen LogP contribution in [-0.4, -0.2) is 21.3 Å². The van der Waals surface area contributed by atoms with Crippen molar-refractivity contribution < 1.29 is 4.74 Å². The Morgan fingerprint density at radius 3 is 2.90 bits per heavy atom. The number of nitrogens with zero attached hydrogens (tertiary/aromatic N) is 3. The Kier molecular flexibility index (Phi) is 3.45. The summed E-state index contributed by atoms with van der Waals surface area (Å²) in [6.45, 7) is 0.376. The van der Waals surface area contributed by atoms with Gasteiger partial charge < -0.3 is 15.0 Å². The summed E-state index contributed by atoms with van der Waals surface area (Å²) >= 11 is 0. The lowest BCUT2D eigenvalue weighted by molar-refractivity contribution is 0.401. The van der Waals surface area contributed by atoms with Crippen molar-refractivity contribution in [1.82, 2.24) is 14.2 Å². The number of hydrogen-bond acceptors (Lipinski definition) is 4. The van der Waals surface area contributed by atoms with Crippen LogP contribution in [0, 0.1) is 0 Å². The molecule has 0 aliphatic carbocycles. The van der Waals surface area contributed by atoms with E-state index in [0.717, 1.165) is 11.3 Å². The molecule has 108 valence electrons. The van der Waals surface area contributed by atoms with Crippen molar-refractivity contribution in [2.75, 3.05) is 7.11 Å². The average molecular weight is 284 g/mol. The van der Waals surface area contributed by atoms with E-state index >= 15 is 0 Å².